The van der Waals surface area contributed by atoms with E-state index in [9.17, 15) is 19.5 Å². The molecule has 2 N–H and O–H groups in total. The number of nitrogens with one attached hydrogen (secondary N) is 1. The number of carbonyl (C=O) groups excluding carboxylic acids is 3. The highest BCUT2D eigenvalue weighted by atomic mass is 16.6. The van der Waals surface area contributed by atoms with Gasteiger partial charge >= 0.3 is 5.97 Å². The molecular formula is C28H32N2O6. The Balaban J connectivity index is 1.60. The highest BCUT2D eigenvalue weighted by Crippen LogP contribution is 2.60. The van der Waals surface area contributed by atoms with Crippen LogP contribution in [-0.2, 0) is 23.9 Å². The van der Waals surface area contributed by atoms with Crippen molar-refractivity contribution in [1.29, 1.82) is 0 Å². The Bertz CT molecular complexity index is 1160. The molecule has 0 aromatic heterocycles. The number of likely N-dealkylation sites (tertiary alicyclic amines) is 1. The molecule has 1 spiro atoms. The highest BCUT2D eigenvalue weighted by molar-refractivity contribution is 6.04. The van der Waals surface area contributed by atoms with Gasteiger partial charge in [0.05, 0.1) is 37.2 Å². The van der Waals surface area contributed by atoms with E-state index in [0.717, 1.165) is 11.1 Å². The Morgan fingerprint density at radius 2 is 1.86 bits per heavy atom. The number of hydrogen-bond donors (Lipinski definition) is 2. The fourth-order valence-electron chi connectivity index (χ4n) is 6.47. The maximum absolute atomic E-state index is 14.1. The van der Waals surface area contributed by atoms with E-state index >= 15 is 0 Å². The van der Waals surface area contributed by atoms with Crippen LogP contribution in [0, 0.1) is 25.7 Å². The molecule has 8 heteroatoms. The molecule has 3 saturated heterocycles. The van der Waals surface area contributed by atoms with Crippen molar-refractivity contribution >= 4 is 23.5 Å². The minimum atomic E-state index is -1.16. The fourth-order valence-corrected chi connectivity index (χ4v) is 6.47. The molecule has 0 radical (unpaired) electrons. The SMILES string of the molecule is CCOC(=O)[C@@H]1[C@@H]2CCC3(O2)C(C(=O)Nc2c(C)cccc2C)N([C@H](CO)c2ccccc2)C(=O)[C@H]13. The first kappa shape index (κ1) is 24.5. The molecule has 6 atom stereocenters. The summed E-state index contributed by atoms with van der Waals surface area (Å²) < 4.78 is 11.7. The van der Waals surface area contributed by atoms with Gasteiger partial charge in [0.2, 0.25) is 11.8 Å². The van der Waals surface area contributed by atoms with Gasteiger partial charge < -0.3 is 24.8 Å². The average molecular weight is 493 g/mol. The summed E-state index contributed by atoms with van der Waals surface area (Å²) in [7, 11) is 0. The Kier molecular flexibility index (Phi) is 6.34. The zero-order valence-electron chi connectivity index (χ0n) is 20.8. The van der Waals surface area contributed by atoms with Crippen LogP contribution in [-0.4, -0.2) is 58.8 Å². The van der Waals surface area contributed by atoms with Crippen LogP contribution in [0.5, 0.6) is 0 Å². The second kappa shape index (κ2) is 9.33. The smallest absolute Gasteiger partial charge is 0.312 e. The number of rotatable bonds is 7. The molecular weight excluding hydrogens is 460 g/mol. The quantitative estimate of drug-likeness (QED) is 0.576. The number of aliphatic hydroxyl groups excluding tert-OH is 1. The number of carbonyl (C=O) groups is 3. The predicted molar refractivity (Wildman–Crippen MR) is 132 cm³/mol. The number of esters is 1. The van der Waals surface area contributed by atoms with E-state index in [-0.39, 0.29) is 25.0 Å². The van der Waals surface area contributed by atoms with Gasteiger partial charge in [0, 0.05) is 5.69 Å². The van der Waals surface area contributed by atoms with E-state index in [2.05, 4.69) is 5.32 Å². The number of nitrogens with zero attached hydrogens (tertiary/aromatic N) is 1. The van der Waals surface area contributed by atoms with Crippen LogP contribution in [0.3, 0.4) is 0 Å². The molecule has 3 fully saturated rings. The van der Waals surface area contributed by atoms with Crippen LogP contribution in [0.2, 0.25) is 0 Å². The lowest BCUT2D eigenvalue weighted by atomic mass is 9.70. The molecule has 0 aliphatic carbocycles. The van der Waals surface area contributed by atoms with Crippen molar-refractivity contribution in [3.63, 3.8) is 0 Å². The van der Waals surface area contributed by atoms with E-state index in [1.54, 1.807) is 6.92 Å². The van der Waals surface area contributed by atoms with E-state index in [1.807, 2.05) is 62.4 Å². The number of para-hydroxylation sites is 1. The van der Waals surface area contributed by atoms with Gasteiger partial charge in [-0.25, -0.2) is 0 Å². The van der Waals surface area contributed by atoms with Gasteiger partial charge in [-0.05, 0) is 50.3 Å². The minimum Gasteiger partial charge on any atom is -0.466 e. The predicted octanol–water partition coefficient (Wildman–Crippen LogP) is 2.91. The van der Waals surface area contributed by atoms with Crippen LogP contribution >= 0.6 is 0 Å². The first-order chi connectivity index (χ1) is 17.3. The van der Waals surface area contributed by atoms with E-state index < -0.39 is 41.6 Å². The van der Waals surface area contributed by atoms with Crippen molar-refractivity contribution in [2.24, 2.45) is 11.8 Å². The third-order valence-corrected chi connectivity index (χ3v) is 7.97. The summed E-state index contributed by atoms with van der Waals surface area (Å²) in [5.41, 5.74) is 2.02. The molecule has 190 valence electrons. The zero-order chi connectivity index (χ0) is 25.6. The summed E-state index contributed by atoms with van der Waals surface area (Å²) in [6.45, 7) is 5.37. The molecule has 3 aliphatic heterocycles. The van der Waals surface area contributed by atoms with Gasteiger partial charge in [-0.15, -0.1) is 0 Å². The van der Waals surface area contributed by atoms with Crippen LogP contribution in [0.15, 0.2) is 48.5 Å². The summed E-state index contributed by atoms with van der Waals surface area (Å²) >= 11 is 0. The van der Waals surface area contributed by atoms with Gasteiger partial charge in [-0.2, -0.15) is 0 Å². The summed E-state index contributed by atoms with van der Waals surface area (Å²) in [6, 6.07) is 13.1. The molecule has 2 unspecified atom stereocenters. The zero-order valence-corrected chi connectivity index (χ0v) is 20.8. The number of anilines is 1. The maximum Gasteiger partial charge on any atom is 0.312 e. The normalized spacial score (nSPS) is 29.2. The number of benzene rings is 2. The van der Waals surface area contributed by atoms with Crippen LogP contribution < -0.4 is 5.32 Å². The molecule has 2 amide bonds. The van der Waals surface area contributed by atoms with Crippen molar-refractivity contribution in [2.75, 3.05) is 18.5 Å². The third kappa shape index (κ3) is 3.62. The molecule has 2 bridgehead atoms. The molecule has 3 heterocycles. The van der Waals surface area contributed by atoms with Crippen LogP contribution in [0.4, 0.5) is 5.69 Å². The standard InChI is InChI=1S/C28H32N2O6/c1-4-35-27(34)21-20-13-14-28(36-20)22(21)26(33)30(19(15-31)18-11-6-5-7-12-18)24(28)25(32)29-23-16(2)9-8-10-17(23)3/h5-12,19-22,24,31H,4,13-15H2,1-3H3,(H,29,32)/t19-,20+,21-,22+,24?,28?/m1/s1. The molecule has 5 rings (SSSR count). The van der Waals surface area contributed by atoms with Crippen molar-refractivity contribution in [3.05, 3.63) is 65.2 Å². The highest BCUT2D eigenvalue weighted by Gasteiger charge is 2.75. The Morgan fingerprint density at radius 1 is 1.17 bits per heavy atom. The van der Waals surface area contributed by atoms with Crippen molar-refractivity contribution in [2.45, 2.75) is 57.4 Å². The minimum absolute atomic E-state index is 0.194. The summed E-state index contributed by atoms with van der Waals surface area (Å²) in [5, 5.41) is 13.5. The molecule has 2 aromatic carbocycles. The van der Waals surface area contributed by atoms with Gasteiger partial charge in [-0.1, -0.05) is 48.5 Å². The molecule has 0 saturated carbocycles. The number of hydrogen-bond acceptors (Lipinski definition) is 6. The maximum atomic E-state index is 14.1. The summed E-state index contributed by atoms with van der Waals surface area (Å²) in [4.78, 5) is 42.6. The van der Waals surface area contributed by atoms with Gasteiger partial charge in [0.25, 0.3) is 0 Å². The van der Waals surface area contributed by atoms with Crippen LogP contribution in [0.25, 0.3) is 0 Å². The van der Waals surface area contributed by atoms with Gasteiger partial charge in [0.15, 0.2) is 0 Å². The average Bonchev–Trinajstić information content (AvgIpc) is 3.51. The van der Waals surface area contributed by atoms with Crippen LogP contribution in [0.1, 0.15) is 42.5 Å². The second-order valence-electron chi connectivity index (χ2n) is 9.92. The topological polar surface area (TPSA) is 105 Å². The van der Waals surface area contributed by atoms with E-state index in [4.69, 9.17) is 9.47 Å². The molecule has 8 nitrogen and oxygen atoms in total. The van der Waals surface area contributed by atoms with Crippen molar-refractivity contribution in [3.8, 4) is 0 Å². The summed E-state index contributed by atoms with van der Waals surface area (Å²) in [5.74, 6) is -2.84. The monoisotopic (exact) mass is 492 g/mol. The van der Waals surface area contributed by atoms with Crippen molar-refractivity contribution in [1.82, 2.24) is 4.90 Å². The number of aliphatic hydroxyl groups is 1. The first-order valence-corrected chi connectivity index (χ1v) is 12.5. The Hall–Kier alpha value is -3.23. The summed E-state index contributed by atoms with van der Waals surface area (Å²) in [6.07, 6.45) is 0.557. The van der Waals surface area contributed by atoms with Crippen molar-refractivity contribution < 1.29 is 29.0 Å². The first-order valence-electron chi connectivity index (χ1n) is 12.5. The fraction of sp³-hybridized carbons (Fsp3) is 0.464. The lowest BCUT2D eigenvalue weighted by Gasteiger charge is -2.37. The van der Waals surface area contributed by atoms with E-state index in [0.29, 0.717) is 24.1 Å². The molecule has 3 aliphatic rings. The lowest BCUT2D eigenvalue weighted by Crippen LogP contribution is -2.54. The molecule has 2 aromatic rings. The number of aryl methyl sites for hydroxylation is 2. The lowest BCUT2D eigenvalue weighted by molar-refractivity contribution is -0.155. The van der Waals surface area contributed by atoms with Gasteiger partial charge in [-0.3, -0.25) is 14.4 Å². The van der Waals surface area contributed by atoms with Gasteiger partial charge in [0.1, 0.15) is 11.6 Å². The Morgan fingerprint density at radius 3 is 2.50 bits per heavy atom. The number of ether oxygens (including phenoxy) is 2. The number of fused-ring (bicyclic) bond motifs is 1. The number of amides is 2. The third-order valence-electron chi connectivity index (χ3n) is 7.97. The molecule has 36 heavy (non-hydrogen) atoms. The Labute approximate surface area is 210 Å². The largest absolute Gasteiger partial charge is 0.466 e. The van der Waals surface area contributed by atoms with E-state index in [1.165, 1.54) is 4.90 Å². The second-order valence-corrected chi connectivity index (χ2v) is 9.92.